The van der Waals surface area contributed by atoms with E-state index in [0.717, 1.165) is 48.6 Å². The van der Waals surface area contributed by atoms with Crippen LogP contribution in [0.1, 0.15) is 0 Å². The Labute approximate surface area is 119 Å². The molecule has 0 aliphatic carbocycles. The predicted molar refractivity (Wildman–Crippen MR) is 80.1 cm³/mol. The van der Waals surface area contributed by atoms with Gasteiger partial charge in [-0.25, -0.2) is 4.98 Å². The van der Waals surface area contributed by atoms with Gasteiger partial charge in [0.1, 0.15) is 0 Å². The fourth-order valence-corrected chi connectivity index (χ4v) is 3.29. The van der Waals surface area contributed by atoms with Gasteiger partial charge in [-0.2, -0.15) is 0 Å². The summed E-state index contributed by atoms with van der Waals surface area (Å²) in [5.74, 6) is 0.926. The van der Waals surface area contributed by atoms with Crippen LogP contribution in [0.4, 0.5) is 5.82 Å². The van der Waals surface area contributed by atoms with Crippen molar-refractivity contribution in [2.75, 3.05) is 31.1 Å². The highest BCUT2D eigenvalue weighted by Gasteiger charge is 2.19. The minimum atomic E-state index is 0.859. The molecule has 0 aromatic carbocycles. The number of hydrogen-bond donors (Lipinski definition) is 2. The maximum Gasteiger partial charge on any atom is 0.158 e. The van der Waals surface area contributed by atoms with Crippen molar-refractivity contribution in [1.82, 2.24) is 25.7 Å². The molecule has 4 heterocycles. The smallest absolute Gasteiger partial charge is 0.158 e. The van der Waals surface area contributed by atoms with Crippen LogP contribution in [0.3, 0.4) is 0 Å². The summed E-state index contributed by atoms with van der Waals surface area (Å²) in [6.45, 7) is 3.86. The number of pyridine rings is 1. The van der Waals surface area contributed by atoms with Crippen molar-refractivity contribution in [2.45, 2.75) is 0 Å². The standard InChI is InChI=1S/C13H14N6S/c1-2-10(20-7-1)9-8-15-13(12-11(9)16-18-17-12)19-5-3-14-4-6-19/h1-2,7-8,14H,3-6H2,(H,16,17,18). The van der Waals surface area contributed by atoms with E-state index in [-0.39, 0.29) is 0 Å². The normalized spacial score (nSPS) is 15.9. The van der Waals surface area contributed by atoms with Gasteiger partial charge < -0.3 is 10.2 Å². The van der Waals surface area contributed by atoms with E-state index < -0.39 is 0 Å². The Hall–Kier alpha value is -1.99. The molecule has 0 atom stereocenters. The number of piperazine rings is 1. The molecular formula is C13H14N6S. The molecule has 0 bridgehead atoms. The third kappa shape index (κ3) is 1.86. The molecule has 0 radical (unpaired) electrons. The van der Waals surface area contributed by atoms with E-state index in [1.807, 2.05) is 12.3 Å². The van der Waals surface area contributed by atoms with Crippen LogP contribution < -0.4 is 10.2 Å². The number of H-pyrrole nitrogens is 1. The molecule has 2 N–H and O–H groups in total. The van der Waals surface area contributed by atoms with Gasteiger partial charge in [-0.15, -0.1) is 16.4 Å². The van der Waals surface area contributed by atoms with Crippen molar-refractivity contribution in [2.24, 2.45) is 0 Å². The van der Waals surface area contributed by atoms with Crippen LogP contribution in [0.25, 0.3) is 21.5 Å². The van der Waals surface area contributed by atoms with Gasteiger partial charge in [0.15, 0.2) is 11.3 Å². The lowest BCUT2D eigenvalue weighted by atomic mass is 10.2. The molecule has 1 saturated heterocycles. The second kappa shape index (κ2) is 4.84. The molecule has 102 valence electrons. The van der Waals surface area contributed by atoms with Crippen LogP contribution in [0.5, 0.6) is 0 Å². The quantitative estimate of drug-likeness (QED) is 0.747. The minimum Gasteiger partial charge on any atom is -0.352 e. The highest BCUT2D eigenvalue weighted by atomic mass is 32.1. The third-order valence-electron chi connectivity index (χ3n) is 3.55. The zero-order chi connectivity index (χ0) is 13.4. The van der Waals surface area contributed by atoms with Crippen LogP contribution in [0, 0.1) is 0 Å². The van der Waals surface area contributed by atoms with Gasteiger partial charge in [-0.3, -0.25) is 5.10 Å². The first-order valence-electron chi connectivity index (χ1n) is 6.63. The summed E-state index contributed by atoms with van der Waals surface area (Å²) < 4.78 is 0. The lowest BCUT2D eigenvalue weighted by molar-refractivity contribution is 0.586. The van der Waals surface area contributed by atoms with Crippen LogP contribution in [0.15, 0.2) is 23.7 Å². The van der Waals surface area contributed by atoms with Crippen molar-refractivity contribution >= 4 is 28.2 Å². The molecule has 3 aromatic rings. The second-order valence-corrected chi connectivity index (χ2v) is 5.69. The van der Waals surface area contributed by atoms with Gasteiger partial charge in [-0.1, -0.05) is 11.3 Å². The number of rotatable bonds is 2. The SMILES string of the molecule is c1csc(-c2cnc(N3CCNCC3)c3nn[nH]c23)c1. The van der Waals surface area contributed by atoms with E-state index in [0.29, 0.717) is 0 Å². The predicted octanol–water partition coefficient (Wildman–Crippen LogP) is 1.49. The Morgan fingerprint density at radius 3 is 2.95 bits per heavy atom. The summed E-state index contributed by atoms with van der Waals surface area (Å²) in [4.78, 5) is 8.09. The Morgan fingerprint density at radius 2 is 2.15 bits per heavy atom. The zero-order valence-electron chi connectivity index (χ0n) is 10.8. The fourth-order valence-electron chi connectivity index (χ4n) is 2.55. The summed E-state index contributed by atoms with van der Waals surface area (Å²) in [7, 11) is 0. The zero-order valence-corrected chi connectivity index (χ0v) is 11.7. The lowest BCUT2D eigenvalue weighted by Crippen LogP contribution is -2.44. The van der Waals surface area contributed by atoms with Crippen molar-refractivity contribution < 1.29 is 0 Å². The summed E-state index contributed by atoms with van der Waals surface area (Å²) in [6.07, 6.45) is 1.92. The maximum absolute atomic E-state index is 4.64. The van der Waals surface area contributed by atoms with Crippen molar-refractivity contribution in [3.63, 3.8) is 0 Å². The molecular weight excluding hydrogens is 272 g/mol. The summed E-state index contributed by atoms with van der Waals surface area (Å²) in [5.41, 5.74) is 2.90. The molecule has 0 amide bonds. The van der Waals surface area contributed by atoms with Gasteiger partial charge in [0.25, 0.3) is 0 Å². The summed E-state index contributed by atoms with van der Waals surface area (Å²) >= 11 is 1.70. The molecule has 0 saturated carbocycles. The van der Waals surface area contributed by atoms with Crippen LogP contribution >= 0.6 is 11.3 Å². The average molecular weight is 286 g/mol. The first kappa shape index (κ1) is 11.8. The number of hydrogen-bond acceptors (Lipinski definition) is 6. The Kier molecular flexibility index (Phi) is 2.86. The molecule has 7 heteroatoms. The van der Waals surface area contributed by atoms with E-state index in [9.17, 15) is 0 Å². The molecule has 4 rings (SSSR count). The van der Waals surface area contributed by atoms with Crippen molar-refractivity contribution in [1.29, 1.82) is 0 Å². The maximum atomic E-state index is 4.64. The van der Waals surface area contributed by atoms with Crippen LogP contribution in [-0.2, 0) is 0 Å². The van der Waals surface area contributed by atoms with E-state index in [1.54, 1.807) is 11.3 Å². The first-order chi connectivity index (χ1) is 9.93. The molecule has 0 spiro atoms. The Balaban J connectivity index is 1.85. The minimum absolute atomic E-state index is 0.859. The fraction of sp³-hybridized carbons (Fsp3) is 0.308. The highest BCUT2D eigenvalue weighted by molar-refractivity contribution is 7.13. The van der Waals surface area contributed by atoms with Gasteiger partial charge in [-0.05, 0) is 11.4 Å². The van der Waals surface area contributed by atoms with Gasteiger partial charge >= 0.3 is 0 Å². The van der Waals surface area contributed by atoms with E-state index in [4.69, 9.17) is 0 Å². The van der Waals surface area contributed by atoms with Gasteiger partial charge in [0, 0.05) is 42.8 Å². The molecule has 1 aliphatic rings. The number of thiophene rings is 1. The summed E-state index contributed by atoms with van der Waals surface area (Å²) in [5, 5.41) is 16.6. The Morgan fingerprint density at radius 1 is 1.25 bits per heavy atom. The first-order valence-corrected chi connectivity index (χ1v) is 7.51. The number of aromatic amines is 1. The van der Waals surface area contributed by atoms with Gasteiger partial charge in [0.2, 0.25) is 0 Å². The van der Waals surface area contributed by atoms with E-state index >= 15 is 0 Å². The largest absolute Gasteiger partial charge is 0.352 e. The summed E-state index contributed by atoms with van der Waals surface area (Å²) in [6, 6.07) is 4.13. The monoisotopic (exact) mass is 286 g/mol. The molecule has 0 unspecified atom stereocenters. The lowest BCUT2D eigenvalue weighted by Gasteiger charge is -2.28. The topological polar surface area (TPSA) is 69.7 Å². The van der Waals surface area contributed by atoms with Crippen molar-refractivity contribution in [3.8, 4) is 10.4 Å². The van der Waals surface area contributed by atoms with Crippen LogP contribution in [-0.4, -0.2) is 46.6 Å². The van der Waals surface area contributed by atoms with E-state index in [2.05, 4.69) is 42.1 Å². The molecule has 3 aromatic heterocycles. The number of anilines is 1. The Bertz CT molecular complexity index is 714. The average Bonchev–Trinajstić information content (AvgIpc) is 3.18. The molecule has 20 heavy (non-hydrogen) atoms. The molecule has 6 nitrogen and oxygen atoms in total. The van der Waals surface area contributed by atoms with E-state index in [1.165, 1.54) is 4.88 Å². The number of nitrogens with one attached hydrogen (secondary N) is 2. The highest BCUT2D eigenvalue weighted by Crippen LogP contribution is 2.32. The van der Waals surface area contributed by atoms with Gasteiger partial charge in [0.05, 0.1) is 5.52 Å². The number of fused-ring (bicyclic) bond motifs is 1. The van der Waals surface area contributed by atoms with Crippen molar-refractivity contribution in [3.05, 3.63) is 23.7 Å². The number of aromatic nitrogens is 4. The number of nitrogens with zero attached hydrogens (tertiary/aromatic N) is 4. The van der Waals surface area contributed by atoms with Crippen LogP contribution in [0.2, 0.25) is 0 Å². The second-order valence-electron chi connectivity index (χ2n) is 4.75. The third-order valence-corrected chi connectivity index (χ3v) is 4.45. The molecule has 1 fully saturated rings. The molecule has 1 aliphatic heterocycles.